The number of benzene rings is 2. The van der Waals surface area contributed by atoms with Gasteiger partial charge in [-0.15, -0.1) is 0 Å². The SMILES string of the molecule is O=[N+]([O-])c1cc(/C=C(\Cl)c2nc(-c3ccccc3Cl)no2)ccc1Cl. The van der Waals surface area contributed by atoms with E-state index >= 15 is 0 Å². The van der Waals surface area contributed by atoms with E-state index in [4.69, 9.17) is 39.3 Å². The lowest BCUT2D eigenvalue weighted by Crippen LogP contribution is -1.89. The summed E-state index contributed by atoms with van der Waals surface area (Å²) in [6.07, 6.45) is 1.47. The number of aromatic nitrogens is 2. The van der Waals surface area contributed by atoms with Crippen LogP contribution in [0.25, 0.3) is 22.5 Å². The molecule has 0 atom stereocenters. The molecule has 0 radical (unpaired) electrons. The molecule has 0 unspecified atom stereocenters. The van der Waals surface area contributed by atoms with E-state index in [1.165, 1.54) is 18.2 Å². The Kier molecular flexibility index (Phi) is 5.03. The Morgan fingerprint density at radius 1 is 1.16 bits per heavy atom. The van der Waals surface area contributed by atoms with E-state index in [1.807, 2.05) is 0 Å². The van der Waals surface area contributed by atoms with Crippen molar-refractivity contribution in [2.24, 2.45) is 0 Å². The van der Waals surface area contributed by atoms with Gasteiger partial charge in [0.1, 0.15) is 10.1 Å². The molecule has 2 aromatic carbocycles. The molecule has 0 saturated carbocycles. The molecule has 0 aliphatic heterocycles. The van der Waals surface area contributed by atoms with E-state index in [9.17, 15) is 10.1 Å². The van der Waals surface area contributed by atoms with Crippen LogP contribution in [0.3, 0.4) is 0 Å². The fourth-order valence-corrected chi connectivity index (χ4v) is 2.65. The Hall–Kier alpha value is -2.41. The largest absolute Gasteiger partial charge is 0.333 e. The van der Waals surface area contributed by atoms with Gasteiger partial charge in [-0.25, -0.2) is 0 Å². The summed E-state index contributed by atoms with van der Waals surface area (Å²) in [5, 5.41) is 15.4. The average Bonchev–Trinajstić information content (AvgIpc) is 3.06. The first-order valence-corrected chi connectivity index (χ1v) is 7.99. The van der Waals surface area contributed by atoms with Crippen molar-refractivity contribution in [3.05, 3.63) is 74.1 Å². The molecule has 6 nitrogen and oxygen atoms in total. The highest BCUT2D eigenvalue weighted by Crippen LogP contribution is 2.30. The first-order chi connectivity index (χ1) is 12.0. The molecule has 1 heterocycles. The smallest absolute Gasteiger partial charge is 0.288 e. The third-order valence-electron chi connectivity index (χ3n) is 3.21. The van der Waals surface area contributed by atoms with Crippen molar-refractivity contribution in [2.75, 3.05) is 0 Å². The highest BCUT2D eigenvalue weighted by Gasteiger charge is 2.15. The summed E-state index contributed by atoms with van der Waals surface area (Å²) in [6.45, 7) is 0. The van der Waals surface area contributed by atoms with Gasteiger partial charge >= 0.3 is 0 Å². The molecule has 1 aromatic heterocycles. The zero-order valence-corrected chi connectivity index (χ0v) is 14.6. The van der Waals surface area contributed by atoms with E-state index < -0.39 is 4.92 Å². The maximum absolute atomic E-state index is 10.9. The quantitative estimate of drug-likeness (QED) is 0.418. The Morgan fingerprint density at radius 2 is 1.92 bits per heavy atom. The van der Waals surface area contributed by atoms with E-state index in [-0.39, 0.29) is 27.5 Å². The molecular weight excluding hydrogens is 389 g/mol. The summed E-state index contributed by atoms with van der Waals surface area (Å²) in [5.74, 6) is 0.350. The fourth-order valence-electron chi connectivity index (χ4n) is 2.04. The van der Waals surface area contributed by atoms with Crippen LogP contribution in [0.15, 0.2) is 47.0 Å². The standard InChI is InChI=1S/C16H8Cl3N3O3/c17-11-4-2-1-3-10(11)15-20-16(25-21-15)13(19)7-9-5-6-12(18)14(8-9)22(23)24/h1-8H/b13-7-. The van der Waals surface area contributed by atoms with E-state index in [1.54, 1.807) is 30.3 Å². The lowest BCUT2D eigenvalue weighted by molar-refractivity contribution is -0.384. The minimum absolute atomic E-state index is 0.0390. The molecule has 3 aromatic rings. The zero-order valence-electron chi connectivity index (χ0n) is 12.3. The molecule has 0 bridgehead atoms. The predicted octanol–water partition coefficient (Wildman–Crippen LogP) is 5.69. The minimum Gasteiger partial charge on any atom is -0.333 e. The molecule has 0 spiro atoms. The molecule has 126 valence electrons. The van der Waals surface area contributed by atoms with Gasteiger partial charge in [-0.05, 0) is 29.8 Å². The fraction of sp³-hybridized carbons (Fsp3) is 0. The Morgan fingerprint density at radius 3 is 2.64 bits per heavy atom. The Labute approximate surface area is 156 Å². The first-order valence-electron chi connectivity index (χ1n) is 6.86. The van der Waals surface area contributed by atoms with Gasteiger partial charge in [0.05, 0.1) is 9.95 Å². The van der Waals surface area contributed by atoms with Crippen molar-refractivity contribution in [1.82, 2.24) is 10.1 Å². The van der Waals surface area contributed by atoms with Crippen LogP contribution in [0, 0.1) is 10.1 Å². The molecule has 0 saturated heterocycles. The Bertz CT molecular complexity index is 986. The predicted molar refractivity (Wildman–Crippen MR) is 96.6 cm³/mol. The molecule has 0 amide bonds. The normalized spacial score (nSPS) is 11.6. The Balaban J connectivity index is 1.93. The molecule has 3 rings (SSSR count). The van der Waals surface area contributed by atoms with Crippen LogP contribution in [0.2, 0.25) is 10.0 Å². The molecule has 0 aliphatic rings. The van der Waals surface area contributed by atoms with Crippen molar-refractivity contribution in [2.45, 2.75) is 0 Å². The number of hydrogen-bond acceptors (Lipinski definition) is 5. The molecule has 9 heteroatoms. The molecular formula is C16H8Cl3N3O3. The zero-order chi connectivity index (χ0) is 18.0. The van der Waals surface area contributed by atoms with Crippen LogP contribution in [-0.4, -0.2) is 15.1 Å². The second-order valence-electron chi connectivity index (χ2n) is 4.86. The molecule has 0 aliphatic carbocycles. The summed E-state index contributed by atoms with van der Waals surface area (Å²) < 4.78 is 5.13. The topological polar surface area (TPSA) is 82.1 Å². The van der Waals surface area contributed by atoms with Crippen LogP contribution < -0.4 is 0 Å². The van der Waals surface area contributed by atoms with Gasteiger partial charge in [-0.1, -0.05) is 58.2 Å². The van der Waals surface area contributed by atoms with Crippen molar-refractivity contribution in [3.8, 4) is 11.4 Å². The third-order valence-corrected chi connectivity index (χ3v) is 4.13. The van der Waals surface area contributed by atoms with Crippen molar-refractivity contribution < 1.29 is 9.45 Å². The van der Waals surface area contributed by atoms with Gasteiger partial charge in [0.25, 0.3) is 11.6 Å². The highest BCUT2D eigenvalue weighted by atomic mass is 35.5. The van der Waals surface area contributed by atoms with Gasteiger partial charge in [-0.3, -0.25) is 10.1 Å². The average molecular weight is 397 g/mol. The van der Waals surface area contributed by atoms with Crippen LogP contribution >= 0.6 is 34.8 Å². The maximum Gasteiger partial charge on any atom is 0.288 e. The van der Waals surface area contributed by atoms with Gasteiger partial charge < -0.3 is 4.52 Å². The van der Waals surface area contributed by atoms with Crippen molar-refractivity contribution in [3.63, 3.8) is 0 Å². The van der Waals surface area contributed by atoms with Gasteiger partial charge in [0, 0.05) is 11.6 Å². The van der Waals surface area contributed by atoms with E-state index in [0.29, 0.717) is 16.1 Å². The third kappa shape index (κ3) is 3.82. The van der Waals surface area contributed by atoms with Crippen LogP contribution in [0.4, 0.5) is 5.69 Å². The lowest BCUT2D eigenvalue weighted by Gasteiger charge is -1.98. The van der Waals surface area contributed by atoms with Gasteiger partial charge in [-0.2, -0.15) is 4.98 Å². The summed E-state index contributed by atoms with van der Waals surface area (Å²) in [5.41, 5.74) is 0.853. The van der Waals surface area contributed by atoms with E-state index in [2.05, 4.69) is 10.1 Å². The molecule has 25 heavy (non-hydrogen) atoms. The number of nitro groups is 1. The number of rotatable bonds is 4. The summed E-state index contributed by atoms with van der Waals surface area (Å²) in [4.78, 5) is 14.6. The minimum atomic E-state index is -0.574. The molecule has 0 N–H and O–H groups in total. The summed E-state index contributed by atoms with van der Waals surface area (Å²) >= 11 is 18.1. The highest BCUT2D eigenvalue weighted by molar-refractivity contribution is 6.50. The number of nitrogens with zero attached hydrogens (tertiary/aromatic N) is 3. The second kappa shape index (κ2) is 7.23. The summed E-state index contributed by atoms with van der Waals surface area (Å²) in [7, 11) is 0. The number of nitro benzene ring substituents is 1. The van der Waals surface area contributed by atoms with Crippen LogP contribution in [0.5, 0.6) is 0 Å². The number of hydrogen-bond donors (Lipinski definition) is 0. The van der Waals surface area contributed by atoms with Gasteiger partial charge in [0.2, 0.25) is 5.82 Å². The van der Waals surface area contributed by atoms with E-state index in [0.717, 1.165) is 0 Å². The maximum atomic E-state index is 10.9. The number of halogens is 3. The second-order valence-corrected chi connectivity index (χ2v) is 6.08. The lowest BCUT2D eigenvalue weighted by atomic mass is 10.2. The van der Waals surface area contributed by atoms with Crippen LogP contribution in [-0.2, 0) is 0 Å². The van der Waals surface area contributed by atoms with Crippen molar-refractivity contribution >= 4 is 51.6 Å². The summed E-state index contributed by atoms with van der Waals surface area (Å²) in [6, 6.07) is 11.3. The molecule has 0 fully saturated rings. The van der Waals surface area contributed by atoms with Crippen molar-refractivity contribution in [1.29, 1.82) is 0 Å². The van der Waals surface area contributed by atoms with Crippen LogP contribution in [0.1, 0.15) is 11.5 Å². The monoisotopic (exact) mass is 395 g/mol. The van der Waals surface area contributed by atoms with Gasteiger partial charge in [0.15, 0.2) is 0 Å². The first kappa shape index (κ1) is 17.4.